The predicted molar refractivity (Wildman–Crippen MR) is 69.3 cm³/mol. The van der Waals surface area contributed by atoms with Crippen molar-refractivity contribution in [3.63, 3.8) is 0 Å². The molecule has 2 heterocycles. The summed E-state index contributed by atoms with van der Waals surface area (Å²) in [5.74, 6) is 0.462. The third-order valence-corrected chi connectivity index (χ3v) is 4.42. The Morgan fingerprint density at radius 3 is 3.18 bits per heavy atom. The van der Waals surface area contributed by atoms with Gasteiger partial charge in [-0.15, -0.1) is 11.3 Å². The summed E-state index contributed by atoms with van der Waals surface area (Å²) in [6, 6.07) is 0. The van der Waals surface area contributed by atoms with Crippen LogP contribution in [0.1, 0.15) is 41.1 Å². The van der Waals surface area contributed by atoms with Crippen LogP contribution in [0, 0.1) is 0 Å². The van der Waals surface area contributed by atoms with Crippen LogP contribution in [0.15, 0.2) is 6.20 Å². The number of hydrogen-bond donors (Lipinski definition) is 1. The topological polar surface area (TPSA) is 56.7 Å². The number of fused-ring (bicyclic) bond motifs is 1. The van der Waals surface area contributed by atoms with E-state index in [0.717, 1.165) is 19.3 Å². The lowest BCUT2D eigenvalue weighted by molar-refractivity contribution is 0.746. The van der Waals surface area contributed by atoms with Crippen LogP contribution < -0.4 is 5.73 Å². The molecule has 0 spiro atoms. The second-order valence-corrected chi connectivity index (χ2v) is 5.57. The van der Waals surface area contributed by atoms with Crippen LogP contribution in [0.2, 0.25) is 0 Å². The van der Waals surface area contributed by atoms with Gasteiger partial charge in [0.05, 0.1) is 11.4 Å². The molecule has 1 unspecified atom stereocenters. The van der Waals surface area contributed by atoms with Gasteiger partial charge in [0.2, 0.25) is 0 Å². The highest BCUT2D eigenvalue weighted by Crippen LogP contribution is 2.43. The maximum atomic E-state index is 5.79. The first kappa shape index (κ1) is 10.8. The number of anilines is 1. The van der Waals surface area contributed by atoms with Gasteiger partial charge in [0.25, 0.3) is 0 Å². The number of thiazole rings is 1. The minimum Gasteiger partial charge on any atom is -0.375 e. The lowest BCUT2D eigenvalue weighted by Gasteiger charge is -2.08. The fraction of sp³-hybridized carbons (Fsp3) is 0.500. The van der Waals surface area contributed by atoms with E-state index in [9.17, 15) is 0 Å². The Balaban J connectivity index is 2.05. The normalized spacial score (nSPS) is 18.6. The third-order valence-electron chi connectivity index (χ3n) is 3.38. The van der Waals surface area contributed by atoms with Gasteiger partial charge in [-0.05, 0) is 19.3 Å². The minimum atomic E-state index is 0.462. The van der Waals surface area contributed by atoms with Crippen LogP contribution in [0.3, 0.4) is 0 Å². The number of aromatic nitrogens is 3. The number of nitrogens with two attached hydrogens (primary N) is 1. The van der Waals surface area contributed by atoms with Crippen molar-refractivity contribution in [3.8, 4) is 0 Å². The Labute approximate surface area is 104 Å². The molecule has 2 N–H and O–H groups in total. The Morgan fingerprint density at radius 1 is 1.59 bits per heavy atom. The molecule has 0 aliphatic heterocycles. The fourth-order valence-corrected chi connectivity index (χ4v) is 3.70. The fourth-order valence-electron chi connectivity index (χ4n) is 2.66. The van der Waals surface area contributed by atoms with Gasteiger partial charge in [-0.1, -0.05) is 6.92 Å². The van der Waals surface area contributed by atoms with E-state index in [4.69, 9.17) is 5.73 Å². The van der Waals surface area contributed by atoms with Crippen LogP contribution >= 0.6 is 11.3 Å². The minimum absolute atomic E-state index is 0.462. The van der Waals surface area contributed by atoms with Crippen molar-refractivity contribution in [3.05, 3.63) is 28.0 Å². The highest BCUT2D eigenvalue weighted by Gasteiger charge is 2.30. The summed E-state index contributed by atoms with van der Waals surface area (Å²) >= 11 is 1.64. The average Bonchev–Trinajstić information content (AvgIpc) is 2.91. The molecule has 1 aliphatic carbocycles. The van der Waals surface area contributed by atoms with Gasteiger partial charge in [0, 0.05) is 29.6 Å². The number of aryl methyl sites for hydroxylation is 3. The van der Waals surface area contributed by atoms with E-state index in [1.807, 2.05) is 11.7 Å². The second kappa shape index (κ2) is 3.84. The van der Waals surface area contributed by atoms with E-state index >= 15 is 0 Å². The number of rotatable bonds is 2. The highest BCUT2D eigenvalue weighted by molar-refractivity contribution is 7.15. The first-order chi connectivity index (χ1) is 8.19. The van der Waals surface area contributed by atoms with Gasteiger partial charge in [-0.2, -0.15) is 5.10 Å². The van der Waals surface area contributed by atoms with Crippen LogP contribution in [-0.4, -0.2) is 14.8 Å². The maximum absolute atomic E-state index is 5.79. The molecule has 17 heavy (non-hydrogen) atoms. The van der Waals surface area contributed by atoms with Crippen molar-refractivity contribution in [2.75, 3.05) is 5.73 Å². The Bertz CT molecular complexity index is 555. The van der Waals surface area contributed by atoms with Gasteiger partial charge in [-0.3, -0.25) is 4.68 Å². The predicted octanol–water partition coefficient (Wildman–Crippen LogP) is 2.10. The van der Waals surface area contributed by atoms with Crippen molar-refractivity contribution >= 4 is 16.5 Å². The molecule has 3 rings (SSSR count). The van der Waals surface area contributed by atoms with E-state index in [1.54, 1.807) is 11.3 Å². The molecule has 0 bridgehead atoms. The molecule has 2 aromatic rings. The molecule has 0 saturated carbocycles. The van der Waals surface area contributed by atoms with E-state index < -0.39 is 0 Å². The molecule has 0 fully saturated rings. The maximum Gasteiger partial charge on any atom is 0.180 e. The molecule has 0 amide bonds. The molecule has 5 heteroatoms. The lowest BCUT2D eigenvalue weighted by Crippen LogP contribution is -1.97. The van der Waals surface area contributed by atoms with E-state index in [0.29, 0.717) is 11.0 Å². The van der Waals surface area contributed by atoms with Crippen molar-refractivity contribution in [1.82, 2.24) is 14.8 Å². The quantitative estimate of drug-likeness (QED) is 0.885. The van der Waals surface area contributed by atoms with E-state index in [2.05, 4.69) is 23.2 Å². The summed E-state index contributed by atoms with van der Waals surface area (Å²) in [4.78, 5) is 5.75. The standard InChI is InChI=1S/C12H16N4S/c1-3-9-8(6-16(2)15-9)7-4-5-10-11(7)17-12(13)14-10/h6-7H,3-5H2,1-2H3,(H2,13,14). The van der Waals surface area contributed by atoms with Crippen molar-refractivity contribution in [2.24, 2.45) is 7.05 Å². The van der Waals surface area contributed by atoms with Crippen LogP contribution in [0.4, 0.5) is 5.13 Å². The number of hydrogen-bond acceptors (Lipinski definition) is 4. The molecular weight excluding hydrogens is 232 g/mol. The molecule has 4 nitrogen and oxygen atoms in total. The summed E-state index contributed by atoms with van der Waals surface area (Å²) in [5, 5.41) is 5.22. The van der Waals surface area contributed by atoms with Gasteiger partial charge in [-0.25, -0.2) is 4.98 Å². The summed E-state index contributed by atoms with van der Waals surface area (Å²) in [7, 11) is 1.99. The smallest absolute Gasteiger partial charge is 0.180 e. The Hall–Kier alpha value is -1.36. The number of nitrogens with zero attached hydrogens (tertiary/aromatic N) is 3. The summed E-state index contributed by atoms with van der Waals surface area (Å²) in [6.45, 7) is 2.16. The van der Waals surface area contributed by atoms with Crippen LogP contribution in [-0.2, 0) is 19.9 Å². The molecule has 0 radical (unpaired) electrons. The van der Waals surface area contributed by atoms with Gasteiger partial charge in [0.15, 0.2) is 5.13 Å². The average molecular weight is 248 g/mol. The van der Waals surface area contributed by atoms with Gasteiger partial charge >= 0.3 is 0 Å². The molecule has 0 aromatic carbocycles. The second-order valence-electron chi connectivity index (χ2n) is 4.51. The van der Waals surface area contributed by atoms with Crippen molar-refractivity contribution < 1.29 is 0 Å². The van der Waals surface area contributed by atoms with E-state index in [-0.39, 0.29) is 0 Å². The number of nitrogen functional groups attached to an aromatic ring is 1. The first-order valence-electron chi connectivity index (χ1n) is 5.96. The molecule has 0 saturated heterocycles. The Morgan fingerprint density at radius 2 is 2.41 bits per heavy atom. The zero-order valence-corrected chi connectivity index (χ0v) is 10.9. The van der Waals surface area contributed by atoms with Crippen molar-refractivity contribution in [2.45, 2.75) is 32.1 Å². The zero-order chi connectivity index (χ0) is 12.0. The monoisotopic (exact) mass is 248 g/mol. The van der Waals surface area contributed by atoms with Gasteiger partial charge < -0.3 is 5.73 Å². The van der Waals surface area contributed by atoms with Crippen LogP contribution in [0.25, 0.3) is 0 Å². The largest absolute Gasteiger partial charge is 0.375 e. The summed E-state index contributed by atoms with van der Waals surface area (Å²) in [5.41, 5.74) is 9.55. The summed E-state index contributed by atoms with van der Waals surface area (Å²) in [6.07, 6.45) is 5.32. The van der Waals surface area contributed by atoms with Crippen molar-refractivity contribution in [1.29, 1.82) is 0 Å². The SMILES string of the molecule is CCc1nn(C)cc1C1CCc2nc(N)sc21. The first-order valence-corrected chi connectivity index (χ1v) is 6.78. The molecule has 2 aromatic heterocycles. The summed E-state index contributed by atoms with van der Waals surface area (Å²) < 4.78 is 1.91. The Kier molecular flexibility index (Phi) is 2.43. The highest BCUT2D eigenvalue weighted by atomic mass is 32.1. The van der Waals surface area contributed by atoms with E-state index in [1.165, 1.54) is 21.8 Å². The molecule has 1 aliphatic rings. The van der Waals surface area contributed by atoms with Crippen LogP contribution in [0.5, 0.6) is 0 Å². The van der Waals surface area contributed by atoms with Gasteiger partial charge in [0.1, 0.15) is 0 Å². The third kappa shape index (κ3) is 1.65. The zero-order valence-electron chi connectivity index (χ0n) is 10.1. The molecular formula is C12H16N4S. The molecule has 90 valence electrons. The lowest BCUT2D eigenvalue weighted by atomic mass is 9.98. The molecule has 1 atom stereocenters.